The smallest absolute Gasteiger partial charge is 0.239 e. The van der Waals surface area contributed by atoms with Gasteiger partial charge in [-0.05, 0) is 6.92 Å². The molecule has 1 aromatic heterocycles. The summed E-state index contributed by atoms with van der Waals surface area (Å²) in [6.45, 7) is 1.53. The number of aromatic nitrogens is 2. The third-order valence-electron chi connectivity index (χ3n) is 1.62. The summed E-state index contributed by atoms with van der Waals surface area (Å²) < 4.78 is 23.3. The van der Waals surface area contributed by atoms with Gasteiger partial charge in [0.05, 0.1) is 6.20 Å². The summed E-state index contributed by atoms with van der Waals surface area (Å²) in [5, 5.41) is 3.14. The molecule has 0 aliphatic heterocycles. The molecule has 0 aromatic carbocycles. The molecular formula is C6H9ClN2O2S. The van der Waals surface area contributed by atoms with Gasteiger partial charge in [-0.3, -0.25) is 4.68 Å². The van der Waals surface area contributed by atoms with Gasteiger partial charge in [-0.15, -0.1) is 0 Å². The minimum atomic E-state index is -3.52. The fourth-order valence-electron chi connectivity index (χ4n) is 0.813. The van der Waals surface area contributed by atoms with E-state index in [1.807, 2.05) is 0 Å². The summed E-state index contributed by atoms with van der Waals surface area (Å²) in [6, 6.07) is 0. The number of hydrogen-bond acceptors (Lipinski definition) is 3. The summed E-state index contributed by atoms with van der Waals surface area (Å²) >= 11 is 0. The molecule has 0 spiro atoms. The second-order valence-electron chi connectivity index (χ2n) is 2.57. The van der Waals surface area contributed by atoms with Gasteiger partial charge in [-0.2, -0.15) is 5.10 Å². The minimum Gasteiger partial charge on any atom is -0.275 e. The highest BCUT2D eigenvalue weighted by Gasteiger charge is 2.20. The summed E-state index contributed by atoms with van der Waals surface area (Å²) in [5.41, 5.74) is 0.604. The van der Waals surface area contributed by atoms with Crippen LogP contribution in [0.15, 0.2) is 12.4 Å². The van der Waals surface area contributed by atoms with Crippen LogP contribution in [0.2, 0.25) is 0 Å². The van der Waals surface area contributed by atoms with Crippen molar-refractivity contribution in [1.29, 1.82) is 0 Å². The topological polar surface area (TPSA) is 52.0 Å². The Labute approximate surface area is 75.6 Å². The van der Waals surface area contributed by atoms with E-state index in [9.17, 15) is 8.42 Å². The number of aryl methyl sites for hydroxylation is 1. The van der Waals surface area contributed by atoms with Crippen LogP contribution in [0.25, 0.3) is 0 Å². The first kappa shape index (κ1) is 9.54. The summed E-state index contributed by atoms with van der Waals surface area (Å²) in [6.07, 6.45) is 3.12. The fourth-order valence-corrected chi connectivity index (χ4v) is 1.57. The monoisotopic (exact) mass is 208 g/mol. The van der Waals surface area contributed by atoms with E-state index < -0.39 is 14.3 Å². The van der Waals surface area contributed by atoms with E-state index in [0.29, 0.717) is 5.56 Å². The van der Waals surface area contributed by atoms with Crippen LogP contribution in [0.4, 0.5) is 0 Å². The first-order valence-corrected chi connectivity index (χ1v) is 5.70. The molecule has 0 bridgehead atoms. The Morgan fingerprint density at radius 3 is 2.58 bits per heavy atom. The van der Waals surface area contributed by atoms with E-state index in [1.54, 1.807) is 13.2 Å². The van der Waals surface area contributed by atoms with E-state index in [1.165, 1.54) is 17.8 Å². The molecule has 12 heavy (non-hydrogen) atoms. The molecule has 0 radical (unpaired) electrons. The van der Waals surface area contributed by atoms with Gasteiger partial charge in [0, 0.05) is 29.5 Å². The van der Waals surface area contributed by atoms with E-state index in [2.05, 4.69) is 5.10 Å². The molecule has 0 fully saturated rings. The zero-order valence-electron chi connectivity index (χ0n) is 6.73. The molecule has 1 unspecified atom stereocenters. The van der Waals surface area contributed by atoms with Crippen molar-refractivity contribution in [2.45, 2.75) is 12.2 Å². The lowest BCUT2D eigenvalue weighted by Gasteiger charge is -2.02. The van der Waals surface area contributed by atoms with Crippen LogP contribution in [0, 0.1) is 0 Å². The van der Waals surface area contributed by atoms with Gasteiger partial charge in [0.15, 0.2) is 0 Å². The molecule has 0 saturated carbocycles. The predicted molar refractivity (Wildman–Crippen MR) is 46.4 cm³/mol. The van der Waals surface area contributed by atoms with Crippen molar-refractivity contribution in [1.82, 2.24) is 9.78 Å². The predicted octanol–water partition coefficient (Wildman–Crippen LogP) is 1.05. The zero-order chi connectivity index (χ0) is 9.35. The van der Waals surface area contributed by atoms with Crippen LogP contribution in [0.3, 0.4) is 0 Å². The summed E-state index contributed by atoms with van der Waals surface area (Å²) in [7, 11) is 3.36. The maximum atomic E-state index is 10.9. The fraction of sp³-hybridized carbons (Fsp3) is 0.500. The third-order valence-corrected chi connectivity index (χ3v) is 3.54. The molecule has 0 N–H and O–H groups in total. The van der Waals surface area contributed by atoms with Crippen molar-refractivity contribution >= 4 is 19.7 Å². The van der Waals surface area contributed by atoms with Crippen molar-refractivity contribution in [2.24, 2.45) is 7.05 Å². The lowest BCUT2D eigenvalue weighted by atomic mass is 10.3. The van der Waals surface area contributed by atoms with Crippen molar-refractivity contribution < 1.29 is 8.42 Å². The van der Waals surface area contributed by atoms with Crippen LogP contribution < -0.4 is 0 Å². The van der Waals surface area contributed by atoms with E-state index in [4.69, 9.17) is 10.7 Å². The Balaban J connectivity index is 3.01. The van der Waals surface area contributed by atoms with Crippen LogP contribution in [0.1, 0.15) is 17.7 Å². The SMILES string of the molecule is CC(c1cnn(C)c1)S(=O)(=O)Cl. The second-order valence-corrected chi connectivity index (χ2v) is 5.51. The molecule has 68 valence electrons. The maximum absolute atomic E-state index is 10.9. The number of nitrogens with zero attached hydrogens (tertiary/aromatic N) is 2. The number of halogens is 1. The van der Waals surface area contributed by atoms with Crippen LogP contribution in [0.5, 0.6) is 0 Å². The minimum absolute atomic E-state index is 0.604. The van der Waals surface area contributed by atoms with Crippen molar-refractivity contribution in [3.8, 4) is 0 Å². The number of rotatable bonds is 2. The normalized spacial score (nSPS) is 14.6. The third kappa shape index (κ3) is 1.98. The van der Waals surface area contributed by atoms with Gasteiger partial charge in [0.2, 0.25) is 9.05 Å². The second kappa shape index (κ2) is 3.06. The van der Waals surface area contributed by atoms with Gasteiger partial charge in [-0.25, -0.2) is 8.42 Å². The Hall–Kier alpha value is -0.550. The quantitative estimate of drug-likeness (QED) is 0.683. The maximum Gasteiger partial charge on any atom is 0.239 e. The Kier molecular flexibility index (Phi) is 2.44. The highest BCUT2D eigenvalue weighted by Crippen LogP contribution is 2.23. The molecule has 0 amide bonds. The van der Waals surface area contributed by atoms with Gasteiger partial charge < -0.3 is 0 Å². The molecule has 4 nitrogen and oxygen atoms in total. The largest absolute Gasteiger partial charge is 0.275 e. The zero-order valence-corrected chi connectivity index (χ0v) is 8.30. The average molecular weight is 209 g/mol. The van der Waals surface area contributed by atoms with Gasteiger partial charge >= 0.3 is 0 Å². The molecule has 0 aliphatic carbocycles. The molecule has 1 atom stereocenters. The van der Waals surface area contributed by atoms with Crippen molar-refractivity contribution in [2.75, 3.05) is 0 Å². The Morgan fingerprint density at radius 1 is 1.67 bits per heavy atom. The Morgan fingerprint density at radius 2 is 2.25 bits per heavy atom. The summed E-state index contributed by atoms with van der Waals surface area (Å²) in [5.74, 6) is 0. The first-order chi connectivity index (χ1) is 5.41. The van der Waals surface area contributed by atoms with Crippen LogP contribution in [-0.2, 0) is 16.1 Å². The molecule has 1 rings (SSSR count). The molecule has 1 aromatic rings. The molecular weight excluding hydrogens is 200 g/mol. The Bertz CT molecular complexity index is 371. The standard InChI is InChI=1S/C6H9ClN2O2S/c1-5(12(7,10)11)6-3-8-9(2)4-6/h3-5H,1-2H3. The molecule has 0 aliphatic rings. The lowest BCUT2D eigenvalue weighted by molar-refractivity contribution is 0.600. The molecule has 1 heterocycles. The van der Waals surface area contributed by atoms with E-state index in [-0.39, 0.29) is 0 Å². The number of hydrogen-bond donors (Lipinski definition) is 0. The summed E-state index contributed by atoms with van der Waals surface area (Å²) in [4.78, 5) is 0. The van der Waals surface area contributed by atoms with Crippen molar-refractivity contribution in [3.05, 3.63) is 18.0 Å². The highest BCUT2D eigenvalue weighted by molar-refractivity contribution is 8.13. The molecule has 0 saturated heterocycles. The van der Waals surface area contributed by atoms with E-state index >= 15 is 0 Å². The van der Waals surface area contributed by atoms with Crippen LogP contribution in [-0.4, -0.2) is 18.2 Å². The van der Waals surface area contributed by atoms with Gasteiger partial charge in [-0.1, -0.05) is 0 Å². The van der Waals surface area contributed by atoms with E-state index in [0.717, 1.165) is 0 Å². The highest BCUT2D eigenvalue weighted by atomic mass is 35.7. The van der Waals surface area contributed by atoms with Crippen molar-refractivity contribution in [3.63, 3.8) is 0 Å². The first-order valence-electron chi connectivity index (χ1n) is 3.33. The van der Waals surface area contributed by atoms with Gasteiger partial charge in [0.1, 0.15) is 5.25 Å². The lowest BCUT2D eigenvalue weighted by Crippen LogP contribution is -2.01. The average Bonchev–Trinajstić information content (AvgIpc) is 2.32. The molecule has 6 heteroatoms. The van der Waals surface area contributed by atoms with Crippen LogP contribution >= 0.6 is 10.7 Å². The van der Waals surface area contributed by atoms with Gasteiger partial charge in [0.25, 0.3) is 0 Å².